The fourth-order valence-corrected chi connectivity index (χ4v) is 3.06. The molecule has 1 atom stereocenters. The lowest BCUT2D eigenvalue weighted by molar-refractivity contribution is 0.648. The third-order valence-electron chi connectivity index (χ3n) is 2.57. The highest BCUT2D eigenvalue weighted by atomic mass is 79.9. The van der Waals surface area contributed by atoms with E-state index in [1.807, 2.05) is 18.2 Å². The Morgan fingerprint density at radius 3 is 2.65 bits per heavy atom. The second-order valence-corrected chi connectivity index (χ2v) is 6.06. The van der Waals surface area contributed by atoms with Gasteiger partial charge in [-0.05, 0) is 42.8 Å². The largest absolute Gasteiger partial charge is 0.398 e. The van der Waals surface area contributed by atoms with Crippen molar-refractivity contribution in [3.05, 3.63) is 50.1 Å². The lowest BCUT2D eigenvalue weighted by atomic mass is 10.0. The summed E-state index contributed by atoms with van der Waals surface area (Å²) in [5.41, 5.74) is 10.6. The fourth-order valence-electron chi connectivity index (χ4n) is 1.73. The Bertz CT molecular complexity index is 524. The monoisotopic (exact) mass is 311 g/mol. The number of nitrogens with one attached hydrogen (secondary N) is 1. The highest BCUT2D eigenvalue weighted by molar-refractivity contribution is 9.10. The third kappa shape index (κ3) is 2.69. The average Bonchev–Trinajstić information content (AvgIpc) is 2.71. The van der Waals surface area contributed by atoms with Crippen LogP contribution in [0.4, 0.5) is 5.69 Å². The summed E-state index contributed by atoms with van der Waals surface area (Å²) in [6.45, 7) is 2.08. The zero-order valence-electron chi connectivity index (χ0n) is 9.41. The molecular formula is C12H14BrN3S. The van der Waals surface area contributed by atoms with Gasteiger partial charge in [0.15, 0.2) is 0 Å². The van der Waals surface area contributed by atoms with Crippen molar-refractivity contribution < 1.29 is 0 Å². The maximum atomic E-state index is 6.00. The number of hydrazine groups is 1. The van der Waals surface area contributed by atoms with Gasteiger partial charge in [-0.25, -0.2) is 5.43 Å². The van der Waals surface area contributed by atoms with Crippen LogP contribution in [0.2, 0.25) is 0 Å². The topological polar surface area (TPSA) is 64.1 Å². The van der Waals surface area contributed by atoms with Crippen LogP contribution in [-0.2, 0) is 0 Å². The number of nitrogens with two attached hydrogens (primary N) is 2. The fraction of sp³-hybridized carbons (Fsp3) is 0.167. The molecule has 0 amide bonds. The molecule has 1 heterocycles. The van der Waals surface area contributed by atoms with Crippen LogP contribution in [0.25, 0.3) is 0 Å². The average molecular weight is 312 g/mol. The minimum absolute atomic E-state index is 0.0637. The number of thiophene rings is 1. The first kappa shape index (κ1) is 12.6. The van der Waals surface area contributed by atoms with E-state index in [1.54, 1.807) is 11.3 Å². The molecule has 0 saturated carbocycles. The highest BCUT2D eigenvalue weighted by Gasteiger charge is 2.17. The van der Waals surface area contributed by atoms with Gasteiger partial charge in [0.2, 0.25) is 0 Å². The maximum absolute atomic E-state index is 6.00. The smallest absolute Gasteiger partial charge is 0.0822 e. The minimum atomic E-state index is -0.0637. The molecular weight excluding hydrogens is 298 g/mol. The van der Waals surface area contributed by atoms with Gasteiger partial charge in [0.1, 0.15) is 0 Å². The summed E-state index contributed by atoms with van der Waals surface area (Å²) >= 11 is 5.17. The van der Waals surface area contributed by atoms with E-state index in [0.29, 0.717) is 0 Å². The summed E-state index contributed by atoms with van der Waals surface area (Å²) < 4.78 is 0.996. The van der Waals surface area contributed by atoms with Crippen molar-refractivity contribution in [1.29, 1.82) is 0 Å². The van der Waals surface area contributed by atoms with Crippen molar-refractivity contribution >= 4 is 33.0 Å². The number of halogens is 1. The standard InChI is InChI=1S/C12H14BrN3S/c1-7-2-5-11(17-7)12(16-15)9-6-8(13)3-4-10(9)14/h2-6,12,16H,14-15H2,1H3. The van der Waals surface area contributed by atoms with Crippen LogP contribution in [0, 0.1) is 6.92 Å². The lowest BCUT2D eigenvalue weighted by Gasteiger charge is -2.17. The van der Waals surface area contributed by atoms with Crippen molar-refractivity contribution in [2.75, 3.05) is 5.73 Å². The predicted octanol–water partition coefficient (Wildman–Crippen LogP) is 2.95. The molecule has 5 N–H and O–H groups in total. The van der Waals surface area contributed by atoms with Gasteiger partial charge in [0.05, 0.1) is 6.04 Å². The van der Waals surface area contributed by atoms with Crippen LogP contribution < -0.4 is 17.0 Å². The summed E-state index contributed by atoms with van der Waals surface area (Å²) in [6.07, 6.45) is 0. The van der Waals surface area contributed by atoms with Crippen LogP contribution in [-0.4, -0.2) is 0 Å². The SMILES string of the molecule is Cc1ccc(C(NN)c2cc(Br)ccc2N)s1. The molecule has 1 aromatic heterocycles. The second-order valence-electron chi connectivity index (χ2n) is 3.82. The van der Waals surface area contributed by atoms with Crippen molar-refractivity contribution in [3.8, 4) is 0 Å². The van der Waals surface area contributed by atoms with Crippen LogP contribution in [0.1, 0.15) is 21.4 Å². The Morgan fingerprint density at radius 1 is 1.29 bits per heavy atom. The molecule has 17 heavy (non-hydrogen) atoms. The van der Waals surface area contributed by atoms with Gasteiger partial charge >= 0.3 is 0 Å². The molecule has 0 aliphatic carbocycles. The molecule has 2 aromatic rings. The van der Waals surface area contributed by atoms with E-state index in [2.05, 4.69) is 40.4 Å². The number of hydrogen-bond acceptors (Lipinski definition) is 4. The Kier molecular flexibility index (Phi) is 3.83. The van der Waals surface area contributed by atoms with Gasteiger partial charge in [0, 0.05) is 19.9 Å². The Morgan fingerprint density at radius 2 is 2.06 bits per heavy atom. The summed E-state index contributed by atoms with van der Waals surface area (Å²) in [7, 11) is 0. The molecule has 2 rings (SSSR count). The molecule has 0 aliphatic rings. The van der Waals surface area contributed by atoms with Crippen molar-refractivity contribution in [2.24, 2.45) is 5.84 Å². The van der Waals surface area contributed by atoms with Gasteiger partial charge in [-0.2, -0.15) is 0 Å². The van der Waals surface area contributed by atoms with E-state index < -0.39 is 0 Å². The molecule has 1 aromatic carbocycles. The highest BCUT2D eigenvalue weighted by Crippen LogP contribution is 2.32. The van der Waals surface area contributed by atoms with Gasteiger partial charge in [-0.3, -0.25) is 5.84 Å². The van der Waals surface area contributed by atoms with Crippen molar-refractivity contribution in [2.45, 2.75) is 13.0 Å². The Balaban J connectivity index is 2.45. The van der Waals surface area contributed by atoms with E-state index in [0.717, 1.165) is 20.6 Å². The van der Waals surface area contributed by atoms with Crippen LogP contribution in [0.3, 0.4) is 0 Å². The minimum Gasteiger partial charge on any atom is -0.398 e. The summed E-state index contributed by atoms with van der Waals surface area (Å²) in [5.74, 6) is 5.65. The molecule has 0 radical (unpaired) electrons. The van der Waals surface area contributed by atoms with Crippen LogP contribution >= 0.6 is 27.3 Å². The summed E-state index contributed by atoms with van der Waals surface area (Å²) in [4.78, 5) is 2.42. The van der Waals surface area contributed by atoms with E-state index in [4.69, 9.17) is 11.6 Å². The zero-order chi connectivity index (χ0) is 12.4. The number of hydrogen-bond donors (Lipinski definition) is 3. The molecule has 0 bridgehead atoms. The number of rotatable bonds is 3. The summed E-state index contributed by atoms with van der Waals surface area (Å²) in [5, 5.41) is 0. The van der Waals surface area contributed by atoms with Gasteiger partial charge in [-0.1, -0.05) is 15.9 Å². The molecule has 0 saturated heterocycles. The first-order chi connectivity index (χ1) is 8.11. The molecule has 5 heteroatoms. The number of anilines is 1. The Labute approximate surface area is 113 Å². The van der Waals surface area contributed by atoms with Crippen LogP contribution in [0.5, 0.6) is 0 Å². The first-order valence-electron chi connectivity index (χ1n) is 5.19. The van der Waals surface area contributed by atoms with Crippen molar-refractivity contribution in [1.82, 2.24) is 5.43 Å². The molecule has 0 aliphatic heterocycles. The number of benzene rings is 1. The Hall–Kier alpha value is -0.880. The normalized spacial score (nSPS) is 12.6. The quantitative estimate of drug-likeness (QED) is 0.464. The molecule has 3 nitrogen and oxygen atoms in total. The van der Waals surface area contributed by atoms with E-state index >= 15 is 0 Å². The maximum Gasteiger partial charge on any atom is 0.0822 e. The number of aryl methyl sites for hydroxylation is 1. The molecule has 0 fully saturated rings. The zero-order valence-corrected chi connectivity index (χ0v) is 11.8. The van der Waals surface area contributed by atoms with E-state index in [9.17, 15) is 0 Å². The summed E-state index contributed by atoms with van der Waals surface area (Å²) in [6, 6.07) is 9.89. The van der Waals surface area contributed by atoms with Gasteiger partial charge in [0.25, 0.3) is 0 Å². The molecule has 0 spiro atoms. The van der Waals surface area contributed by atoms with E-state index in [-0.39, 0.29) is 6.04 Å². The lowest BCUT2D eigenvalue weighted by Crippen LogP contribution is -2.28. The molecule has 90 valence electrons. The third-order valence-corrected chi connectivity index (χ3v) is 4.13. The van der Waals surface area contributed by atoms with Crippen LogP contribution in [0.15, 0.2) is 34.8 Å². The van der Waals surface area contributed by atoms with Crippen molar-refractivity contribution in [3.63, 3.8) is 0 Å². The van der Waals surface area contributed by atoms with Gasteiger partial charge in [-0.15, -0.1) is 11.3 Å². The van der Waals surface area contributed by atoms with E-state index in [1.165, 1.54) is 4.88 Å². The predicted molar refractivity (Wildman–Crippen MR) is 76.8 cm³/mol. The first-order valence-corrected chi connectivity index (χ1v) is 6.80. The number of nitrogen functional groups attached to an aromatic ring is 1. The second kappa shape index (κ2) is 5.18. The van der Waals surface area contributed by atoms with Gasteiger partial charge < -0.3 is 5.73 Å². The molecule has 1 unspecified atom stereocenters.